The molecule has 1 saturated heterocycles. The first-order valence-corrected chi connectivity index (χ1v) is 7.31. The zero-order chi connectivity index (χ0) is 15.4. The predicted octanol–water partition coefficient (Wildman–Crippen LogP) is 2.34. The van der Waals surface area contributed by atoms with Crippen molar-refractivity contribution >= 4 is 5.97 Å². The van der Waals surface area contributed by atoms with E-state index in [2.05, 4.69) is 5.10 Å². The maximum Gasteiger partial charge on any atom is 0.358 e. The number of rotatable bonds is 6. The molecule has 2 aromatic rings. The highest BCUT2D eigenvalue weighted by molar-refractivity contribution is 5.88. The Morgan fingerprint density at radius 3 is 2.91 bits per heavy atom. The summed E-state index contributed by atoms with van der Waals surface area (Å²) < 4.78 is 12.6. The Kier molecular flexibility index (Phi) is 4.39. The summed E-state index contributed by atoms with van der Waals surface area (Å²) in [5.41, 5.74) is 1.05. The second-order valence-corrected chi connectivity index (χ2v) is 5.25. The van der Waals surface area contributed by atoms with Crippen molar-refractivity contribution in [3.05, 3.63) is 47.8 Å². The van der Waals surface area contributed by atoms with Gasteiger partial charge in [0.1, 0.15) is 6.61 Å². The van der Waals surface area contributed by atoms with E-state index in [0.29, 0.717) is 13.2 Å². The van der Waals surface area contributed by atoms with Crippen molar-refractivity contribution in [1.29, 1.82) is 0 Å². The normalized spacial score (nSPS) is 17.5. The number of carboxylic acid groups (broad SMARTS) is 1. The van der Waals surface area contributed by atoms with Crippen LogP contribution in [0.4, 0.5) is 0 Å². The highest BCUT2D eigenvalue weighted by Crippen LogP contribution is 2.22. The summed E-state index contributed by atoms with van der Waals surface area (Å²) in [4.78, 5) is 11.5. The van der Waals surface area contributed by atoms with Crippen LogP contribution in [0.1, 0.15) is 28.9 Å². The number of aromatic carboxylic acids is 1. The molecule has 1 aliphatic heterocycles. The first kappa shape index (κ1) is 14.6. The zero-order valence-electron chi connectivity index (χ0n) is 12.1. The summed E-state index contributed by atoms with van der Waals surface area (Å²) in [5, 5.41) is 13.6. The minimum absolute atomic E-state index is 0.0278. The Balaban J connectivity index is 1.73. The SMILES string of the molecule is O=C(O)c1c(OCc2ccccc2)cnn1CC1CCCO1. The Morgan fingerprint density at radius 1 is 1.41 bits per heavy atom. The first-order valence-electron chi connectivity index (χ1n) is 7.31. The molecule has 0 bridgehead atoms. The van der Waals surface area contributed by atoms with Crippen molar-refractivity contribution in [1.82, 2.24) is 9.78 Å². The molecule has 1 aromatic carbocycles. The van der Waals surface area contributed by atoms with Crippen LogP contribution in [0.15, 0.2) is 36.5 Å². The third-order valence-corrected chi connectivity index (χ3v) is 3.65. The number of carboxylic acids is 1. The molecule has 1 aliphatic rings. The Morgan fingerprint density at radius 2 is 2.23 bits per heavy atom. The summed E-state index contributed by atoms with van der Waals surface area (Å²) in [6, 6.07) is 9.61. The molecule has 1 aromatic heterocycles. The number of hydrogen-bond acceptors (Lipinski definition) is 4. The average Bonchev–Trinajstić information content (AvgIpc) is 3.16. The van der Waals surface area contributed by atoms with Crippen LogP contribution in [0.3, 0.4) is 0 Å². The van der Waals surface area contributed by atoms with Crippen LogP contribution in [0.2, 0.25) is 0 Å². The van der Waals surface area contributed by atoms with Gasteiger partial charge in [-0.25, -0.2) is 4.79 Å². The second kappa shape index (κ2) is 6.62. The molecular formula is C16H18N2O4. The molecule has 0 aliphatic carbocycles. The minimum Gasteiger partial charge on any atom is -0.485 e. The van der Waals surface area contributed by atoms with Gasteiger partial charge >= 0.3 is 5.97 Å². The Hall–Kier alpha value is -2.34. The third-order valence-electron chi connectivity index (χ3n) is 3.65. The third kappa shape index (κ3) is 3.28. The number of nitrogens with zero attached hydrogens (tertiary/aromatic N) is 2. The van der Waals surface area contributed by atoms with E-state index < -0.39 is 5.97 Å². The van der Waals surface area contributed by atoms with E-state index in [1.807, 2.05) is 30.3 Å². The van der Waals surface area contributed by atoms with Crippen LogP contribution in [0.25, 0.3) is 0 Å². The lowest BCUT2D eigenvalue weighted by atomic mass is 10.2. The molecule has 6 heteroatoms. The van der Waals surface area contributed by atoms with Crippen molar-refractivity contribution in [3.63, 3.8) is 0 Å². The molecule has 1 N–H and O–H groups in total. The topological polar surface area (TPSA) is 73.6 Å². The van der Waals surface area contributed by atoms with Gasteiger partial charge in [-0.2, -0.15) is 5.10 Å². The van der Waals surface area contributed by atoms with Crippen LogP contribution in [0.5, 0.6) is 5.75 Å². The molecule has 1 unspecified atom stereocenters. The maximum absolute atomic E-state index is 11.5. The van der Waals surface area contributed by atoms with Gasteiger partial charge in [-0.05, 0) is 18.4 Å². The van der Waals surface area contributed by atoms with Crippen LogP contribution in [-0.2, 0) is 17.9 Å². The number of hydrogen-bond donors (Lipinski definition) is 1. The van der Waals surface area contributed by atoms with Gasteiger partial charge in [-0.15, -0.1) is 0 Å². The molecule has 116 valence electrons. The highest BCUT2D eigenvalue weighted by Gasteiger charge is 2.23. The van der Waals surface area contributed by atoms with Gasteiger partial charge in [0, 0.05) is 6.61 Å². The van der Waals surface area contributed by atoms with Crippen LogP contribution < -0.4 is 4.74 Å². The first-order chi connectivity index (χ1) is 10.7. The second-order valence-electron chi connectivity index (χ2n) is 5.25. The average molecular weight is 302 g/mol. The molecule has 6 nitrogen and oxygen atoms in total. The van der Waals surface area contributed by atoms with Gasteiger partial charge in [-0.3, -0.25) is 4.68 Å². The van der Waals surface area contributed by atoms with Gasteiger partial charge in [0.15, 0.2) is 11.4 Å². The van der Waals surface area contributed by atoms with Gasteiger partial charge in [0.2, 0.25) is 0 Å². The predicted molar refractivity (Wildman–Crippen MR) is 78.9 cm³/mol. The summed E-state index contributed by atoms with van der Waals surface area (Å²) in [7, 11) is 0. The quantitative estimate of drug-likeness (QED) is 0.886. The lowest BCUT2D eigenvalue weighted by molar-refractivity contribution is 0.0658. The lowest BCUT2D eigenvalue weighted by Gasteiger charge is -2.11. The standard InChI is InChI=1S/C16H18N2O4/c19-16(20)15-14(22-11-12-5-2-1-3-6-12)9-17-18(15)10-13-7-4-8-21-13/h1-3,5-6,9,13H,4,7-8,10-11H2,(H,19,20). The van der Waals surface area contributed by atoms with Crippen molar-refractivity contribution in [2.45, 2.75) is 32.1 Å². The molecule has 22 heavy (non-hydrogen) atoms. The van der Waals surface area contributed by atoms with Gasteiger partial charge in [0.05, 0.1) is 18.8 Å². The minimum atomic E-state index is -1.04. The molecule has 0 spiro atoms. The Bertz CT molecular complexity index is 633. The summed E-state index contributed by atoms with van der Waals surface area (Å²) >= 11 is 0. The van der Waals surface area contributed by atoms with E-state index in [9.17, 15) is 9.90 Å². The van der Waals surface area contributed by atoms with Crippen LogP contribution >= 0.6 is 0 Å². The number of carbonyl (C=O) groups is 1. The van der Waals surface area contributed by atoms with Gasteiger partial charge < -0.3 is 14.6 Å². The van der Waals surface area contributed by atoms with Gasteiger partial charge in [0.25, 0.3) is 0 Å². The van der Waals surface area contributed by atoms with Crippen molar-refractivity contribution in [2.24, 2.45) is 0 Å². The zero-order valence-corrected chi connectivity index (χ0v) is 12.1. The maximum atomic E-state index is 11.5. The largest absolute Gasteiger partial charge is 0.485 e. The number of benzene rings is 1. The monoisotopic (exact) mass is 302 g/mol. The molecule has 3 rings (SSSR count). The van der Waals surface area contributed by atoms with E-state index in [1.165, 1.54) is 10.9 Å². The van der Waals surface area contributed by atoms with Crippen molar-refractivity contribution in [2.75, 3.05) is 6.61 Å². The fourth-order valence-electron chi connectivity index (χ4n) is 2.54. The number of ether oxygens (including phenoxy) is 2. The lowest BCUT2D eigenvalue weighted by Crippen LogP contribution is -2.20. The highest BCUT2D eigenvalue weighted by atomic mass is 16.5. The Labute approximate surface area is 128 Å². The van der Waals surface area contributed by atoms with E-state index in [4.69, 9.17) is 9.47 Å². The van der Waals surface area contributed by atoms with E-state index >= 15 is 0 Å². The fourth-order valence-corrected chi connectivity index (χ4v) is 2.54. The van der Waals surface area contributed by atoms with E-state index in [-0.39, 0.29) is 17.5 Å². The molecule has 2 heterocycles. The summed E-state index contributed by atoms with van der Waals surface area (Å²) in [6.07, 6.45) is 3.42. The van der Waals surface area contributed by atoms with Crippen molar-refractivity contribution < 1.29 is 19.4 Å². The van der Waals surface area contributed by atoms with E-state index in [1.54, 1.807) is 0 Å². The van der Waals surface area contributed by atoms with Crippen LogP contribution in [-0.4, -0.2) is 33.6 Å². The molecular weight excluding hydrogens is 284 g/mol. The van der Waals surface area contributed by atoms with Gasteiger partial charge in [-0.1, -0.05) is 30.3 Å². The molecule has 0 saturated carbocycles. The van der Waals surface area contributed by atoms with E-state index in [0.717, 1.165) is 25.0 Å². The van der Waals surface area contributed by atoms with Crippen molar-refractivity contribution in [3.8, 4) is 5.75 Å². The fraction of sp³-hybridized carbons (Fsp3) is 0.375. The molecule has 1 fully saturated rings. The molecule has 0 amide bonds. The number of aromatic nitrogens is 2. The molecule has 1 atom stereocenters. The molecule has 0 radical (unpaired) electrons. The smallest absolute Gasteiger partial charge is 0.358 e. The summed E-state index contributed by atoms with van der Waals surface area (Å²) in [6.45, 7) is 1.48. The van der Waals surface area contributed by atoms with Crippen LogP contribution in [0, 0.1) is 0 Å². The summed E-state index contributed by atoms with van der Waals surface area (Å²) in [5.74, 6) is -0.757.